The smallest absolute Gasteiger partial charge is 0.197 e. The van der Waals surface area contributed by atoms with Gasteiger partial charge < -0.3 is 20.1 Å². The lowest BCUT2D eigenvalue weighted by atomic mass is 9.47. The van der Waals surface area contributed by atoms with Crippen LogP contribution in [0.5, 0.6) is 0 Å². The van der Waals surface area contributed by atoms with Crippen molar-refractivity contribution in [1.82, 2.24) is 39.5 Å². The maximum atomic E-state index is 13.3. The third kappa shape index (κ3) is 12.5. The zero-order valence-electron chi connectivity index (χ0n) is 50.0. The van der Waals surface area contributed by atoms with E-state index in [-0.39, 0.29) is 39.7 Å². The van der Waals surface area contributed by atoms with Gasteiger partial charge in [-0.05, 0) is 156 Å². The number of nitrogens with zero attached hydrogens (tertiary/aromatic N) is 8. The van der Waals surface area contributed by atoms with Gasteiger partial charge >= 0.3 is 0 Å². The molecule has 19 heteroatoms. The van der Waals surface area contributed by atoms with E-state index in [1.165, 1.54) is 31.1 Å². The van der Waals surface area contributed by atoms with Crippen LogP contribution < -0.4 is 0 Å². The fourth-order valence-electron chi connectivity index (χ4n) is 14.9. The lowest BCUT2D eigenvalue weighted by molar-refractivity contribution is -0.133. The normalized spacial score (nSPS) is 27.5. The highest BCUT2D eigenvalue weighted by molar-refractivity contribution is 6.32. The Bertz CT molecular complexity index is 3880. The maximum absolute atomic E-state index is 13.3. The number of aliphatic hydroxyl groups excluding tert-OH is 1. The fourth-order valence-corrected chi connectivity index (χ4v) is 15.6. The molecule has 1 aliphatic heterocycles. The number of ether oxygens (including phenoxy) is 1. The number of epoxide rings is 1. The van der Waals surface area contributed by atoms with Gasteiger partial charge in [0.25, 0.3) is 0 Å². The first-order chi connectivity index (χ1) is 42.6. The van der Waals surface area contributed by atoms with E-state index >= 15 is 0 Å². The highest BCUT2D eigenvalue weighted by Crippen LogP contribution is 2.65. The van der Waals surface area contributed by atoms with Crippen molar-refractivity contribution in [1.29, 1.82) is 0 Å². The van der Waals surface area contributed by atoms with Gasteiger partial charge in [0.15, 0.2) is 11.5 Å². The van der Waals surface area contributed by atoms with Crippen LogP contribution in [-0.4, -0.2) is 72.0 Å². The van der Waals surface area contributed by atoms with Crippen molar-refractivity contribution in [3.8, 4) is 0 Å². The fraction of sp³-hybridized carbons (Fsp3) is 0.371. The molecule has 0 spiro atoms. The van der Waals surface area contributed by atoms with Gasteiger partial charge in [-0.3, -0.25) is 9.59 Å². The first kappa shape index (κ1) is 63.6. The van der Waals surface area contributed by atoms with E-state index in [1.54, 1.807) is 82.9 Å². The van der Waals surface area contributed by atoms with Crippen LogP contribution in [0.15, 0.2) is 182 Å². The number of hydrogen-bond acceptors (Lipinski definition) is 12. The summed E-state index contributed by atoms with van der Waals surface area (Å²) in [7, 11) is 0. The van der Waals surface area contributed by atoms with Gasteiger partial charge in [-0.1, -0.05) is 153 Å². The second kappa shape index (κ2) is 25.7. The van der Waals surface area contributed by atoms with Crippen molar-refractivity contribution < 1.29 is 34.0 Å². The molecule has 5 aromatic carbocycles. The summed E-state index contributed by atoms with van der Waals surface area (Å²) in [6, 6.07) is 35.7. The number of carbonyl (C=O) groups excluding carboxylic acids is 2. The molecule has 0 radical (unpaired) electrons. The molecule has 14 rings (SSSR count). The zero-order valence-corrected chi connectivity index (χ0v) is 53.0. The summed E-state index contributed by atoms with van der Waals surface area (Å²) >= 11 is 24.5. The average Bonchev–Trinajstić information content (AvgIpc) is 1.76. The van der Waals surface area contributed by atoms with E-state index in [1.807, 2.05) is 60.7 Å². The summed E-state index contributed by atoms with van der Waals surface area (Å²) in [4.78, 5) is 40.2. The third-order valence-electron chi connectivity index (χ3n) is 20.1. The highest BCUT2D eigenvalue weighted by atomic mass is 35.5. The number of carbonyl (C=O) groups is 2. The summed E-state index contributed by atoms with van der Waals surface area (Å²) < 4.78 is 22.7. The van der Waals surface area contributed by atoms with Crippen LogP contribution in [-0.2, 0) is 38.6 Å². The number of Topliss-reactive ketones (excluding diaryl/α,β-unsaturated/α-hetero) is 2. The minimum Gasteiger partial charge on any atom is -0.504 e. The maximum Gasteiger partial charge on any atom is 0.197 e. The van der Waals surface area contributed by atoms with E-state index < -0.39 is 16.8 Å². The molecular weight excluding hydrogens is 1210 g/mol. The van der Waals surface area contributed by atoms with E-state index in [4.69, 9.17) is 51.1 Å². The molecule has 4 unspecified atom stereocenters. The summed E-state index contributed by atoms with van der Waals surface area (Å²) in [6.45, 7) is 9.56. The quantitative estimate of drug-likeness (QED) is 0.110. The molecular formula is C70H71Cl4FN8O6. The number of rotatable bonds is 10. The molecule has 14 nitrogen and oxygen atoms in total. The molecule has 4 heterocycles. The second-order valence-corrected chi connectivity index (χ2v) is 27.1. The molecule has 0 amide bonds. The number of aromatic nitrogens is 8. The Morgan fingerprint density at radius 2 is 1.27 bits per heavy atom. The van der Waals surface area contributed by atoms with Crippen LogP contribution in [0.25, 0.3) is 6.08 Å². The molecule has 462 valence electrons. The number of halogens is 5. The monoisotopic (exact) mass is 1280 g/mol. The Hall–Kier alpha value is -6.95. The Kier molecular flexibility index (Phi) is 18.4. The number of benzene rings is 5. The Labute approximate surface area is 537 Å². The first-order valence-corrected chi connectivity index (χ1v) is 31.6. The number of hydrogen-bond donors (Lipinski definition) is 3. The van der Waals surface area contributed by atoms with Crippen molar-refractivity contribution in [2.24, 2.45) is 34.0 Å². The predicted octanol–water partition coefficient (Wildman–Crippen LogP) is 15.3. The van der Waals surface area contributed by atoms with Gasteiger partial charge in [-0.2, -0.15) is 10.2 Å². The highest BCUT2D eigenvalue weighted by Gasteiger charge is 2.61. The molecule has 5 aliphatic carbocycles. The van der Waals surface area contributed by atoms with Gasteiger partial charge in [0, 0.05) is 67.4 Å². The molecule has 8 aromatic rings. The van der Waals surface area contributed by atoms with E-state index in [0.29, 0.717) is 79.8 Å². The van der Waals surface area contributed by atoms with Crippen LogP contribution in [0, 0.1) is 39.8 Å². The van der Waals surface area contributed by atoms with Gasteiger partial charge in [-0.15, -0.1) is 0 Å². The Morgan fingerprint density at radius 3 is 1.91 bits per heavy atom. The van der Waals surface area contributed by atoms with Crippen molar-refractivity contribution in [2.75, 3.05) is 0 Å². The number of fused-ring (bicyclic) bond motifs is 5. The SMILES string of the molecule is CC1(C)CC/C(=C\c2ccc(Cl)cc2)C1(O)Cn1cncn1.C[C@]12CCC(=O)C(O)=C1CC[C@@H]1[C@@H]2CC[C@]2(C)C(=O)CC[C@@H]12.Fc1ccc(C2(Cn3cncn3)OC2c2ccccc2Cl)cc1.OC(c1ccc(Cl)cc1)(c1cncnc1)c1ccccc1Cl. The summed E-state index contributed by atoms with van der Waals surface area (Å²) in [5, 5.41) is 43.9. The zero-order chi connectivity index (χ0) is 62.9. The molecule has 3 aromatic heterocycles. The molecule has 0 bridgehead atoms. The molecule has 4 saturated carbocycles. The molecule has 89 heavy (non-hydrogen) atoms. The van der Waals surface area contributed by atoms with E-state index in [0.717, 1.165) is 85.6 Å². The third-order valence-corrected chi connectivity index (χ3v) is 21.3. The molecule has 9 atom stereocenters. The van der Waals surface area contributed by atoms with Crippen molar-refractivity contribution in [3.05, 3.63) is 242 Å². The van der Waals surface area contributed by atoms with Crippen molar-refractivity contribution >= 4 is 64.0 Å². The lowest BCUT2D eigenvalue weighted by Crippen LogP contribution is -2.51. The molecule has 6 aliphatic rings. The number of ketones is 2. The van der Waals surface area contributed by atoms with Crippen molar-refractivity contribution in [2.45, 2.75) is 128 Å². The van der Waals surface area contributed by atoms with Gasteiger partial charge in [-0.25, -0.2) is 33.7 Å². The number of allylic oxidation sites excluding steroid dienone is 1. The van der Waals surface area contributed by atoms with E-state index in [9.17, 15) is 29.3 Å². The van der Waals surface area contributed by atoms with E-state index in [2.05, 4.69) is 63.9 Å². The van der Waals surface area contributed by atoms with Crippen LogP contribution in [0.1, 0.15) is 131 Å². The minimum absolute atomic E-state index is 0.0200. The topological polar surface area (TPSA) is 195 Å². The Morgan fingerprint density at radius 1 is 0.652 bits per heavy atom. The Balaban J connectivity index is 0.000000122. The van der Waals surface area contributed by atoms with Crippen LogP contribution in [0.3, 0.4) is 0 Å². The average molecular weight is 1280 g/mol. The largest absolute Gasteiger partial charge is 0.504 e. The molecule has 5 fully saturated rings. The first-order valence-electron chi connectivity index (χ1n) is 30.1. The molecule has 3 N–H and O–H groups in total. The van der Waals surface area contributed by atoms with Gasteiger partial charge in [0.05, 0.1) is 13.1 Å². The van der Waals surface area contributed by atoms with Gasteiger partial charge in [0.1, 0.15) is 66.1 Å². The van der Waals surface area contributed by atoms with Crippen molar-refractivity contribution in [3.63, 3.8) is 0 Å². The molecule has 1 saturated heterocycles. The lowest BCUT2D eigenvalue weighted by Gasteiger charge is -2.56. The van der Waals surface area contributed by atoms with Gasteiger partial charge in [0.2, 0.25) is 0 Å². The standard InChI is InChI=1S/C19H26O3.C17H12Cl2N2O.C17H13ClFN3O.C17H20ClN3O/c1-18-10-8-15(20)17(22)14(18)4-3-11-12-5-6-16(21)19(12,2)9-7-13(11)18;18-14-7-5-12(6-8-14)17(22,13-9-20-11-21-10-13)15-3-1-2-4-16(15)19;18-15-4-2-1-3-14(15)16-17(23-16,9-22-11-20-10-21-22)12-5-7-13(19)8-6-12;1-16(2)8-7-14(9-13-3-5-15(18)6-4-13)17(16,22)10-21-12-19-11-20-21/h11-13,22H,3-10H2,1-2H3;1-11,22H;1-8,10-11,16H,9H2;3-6,9,11-12,22H,7-8,10H2,1-2H3/b;;;14-9+/t11-,12-,13-,18+,19-;;;/m0.../s1. The number of aliphatic hydroxyl groups is 3. The van der Waals surface area contributed by atoms with Crippen LogP contribution in [0.4, 0.5) is 4.39 Å². The van der Waals surface area contributed by atoms with Crippen LogP contribution in [0.2, 0.25) is 20.1 Å². The minimum atomic E-state index is -1.45. The summed E-state index contributed by atoms with van der Waals surface area (Å²) in [6.07, 6.45) is 21.6. The summed E-state index contributed by atoms with van der Waals surface area (Å²) in [5.41, 5.74) is 3.33. The summed E-state index contributed by atoms with van der Waals surface area (Å²) in [5.74, 6) is 1.86. The van der Waals surface area contributed by atoms with Crippen LogP contribution >= 0.6 is 46.4 Å². The second-order valence-electron chi connectivity index (χ2n) is 25.4. The predicted molar refractivity (Wildman–Crippen MR) is 341 cm³/mol.